The SMILES string of the molecule is CC[C@H]1CC[C@H](C(F)(F)C(F)(F)c2ccc(SF)cc2)CC1. The van der Waals surface area contributed by atoms with E-state index in [1.807, 2.05) is 6.92 Å². The molecule has 0 nitrogen and oxygen atoms in total. The van der Waals surface area contributed by atoms with Crippen LogP contribution in [0.15, 0.2) is 29.2 Å². The van der Waals surface area contributed by atoms with Crippen molar-refractivity contribution < 1.29 is 21.4 Å². The topological polar surface area (TPSA) is 0 Å². The average Bonchev–Trinajstić information content (AvgIpc) is 2.54. The summed E-state index contributed by atoms with van der Waals surface area (Å²) in [5.41, 5.74) is -0.757. The second-order valence-corrected chi connectivity index (χ2v) is 6.55. The zero-order valence-electron chi connectivity index (χ0n) is 12.3. The summed E-state index contributed by atoms with van der Waals surface area (Å²) in [6.45, 7) is 1.99. The van der Waals surface area contributed by atoms with Gasteiger partial charge in [0, 0.05) is 16.4 Å². The first-order chi connectivity index (χ1) is 10.3. The summed E-state index contributed by atoms with van der Waals surface area (Å²) in [6.07, 6.45) is 2.30. The number of benzene rings is 1. The zero-order valence-corrected chi connectivity index (χ0v) is 13.1. The summed E-state index contributed by atoms with van der Waals surface area (Å²) in [7, 11) is 0. The van der Waals surface area contributed by atoms with Gasteiger partial charge >= 0.3 is 11.8 Å². The first-order valence-corrected chi connectivity index (χ1v) is 8.19. The van der Waals surface area contributed by atoms with Crippen molar-refractivity contribution in [2.75, 3.05) is 0 Å². The van der Waals surface area contributed by atoms with Crippen molar-refractivity contribution in [3.05, 3.63) is 29.8 Å². The standard InChI is InChI=1S/C16H19F5S/c1-2-11-3-5-12(6-4-11)15(17,18)16(19,20)13-7-9-14(22-21)10-8-13/h7-12H,2-6H2,1H3/t11-,12-. The summed E-state index contributed by atoms with van der Waals surface area (Å²) in [5, 5.41) is 0. The molecule has 0 spiro atoms. The van der Waals surface area contributed by atoms with Crippen LogP contribution >= 0.6 is 12.1 Å². The Morgan fingerprint density at radius 1 is 1.00 bits per heavy atom. The van der Waals surface area contributed by atoms with Crippen molar-refractivity contribution >= 4 is 12.1 Å². The maximum absolute atomic E-state index is 14.4. The molecule has 0 heterocycles. The highest BCUT2D eigenvalue weighted by molar-refractivity contribution is 7.94. The van der Waals surface area contributed by atoms with Gasteiger partial charge in [-0.3, -0.25) is 0 Å². The summed E-state index contributed by atoms with van der Waals surface area (Å²) in [4.78, 5) is 0.117. The van der Waals surface area contributed by atoms with Gasteiger partial charge in [0.1, 0.15) is 0 Å². The molecule has 0 saturated heterocycles. The molecule has 0 radical (unpaired) electrons. The van der Waals surface area contributed by atoms with E-state index in [0.29, 0.717) is 18.8 Å². The molecule has 2 rings (SSSR count). The van der Waals surface area contributed by atoms with E-state index in [1.165, 1.54) is 0 Å². The highest BCUT2D eigenvalue weighted by Crippen LogP contribution is 2.52. The number of alkyl halides is 4. The molecular formula is C16H19F5S. The summed E-state index contributed by atoms with van der Waals surface area (Å²) >= 11 is -0.106. The van der Waals surface area contributed by atoms with Crippen LogP contribution in [-0.4, -0.2) is 5.92 Å². The molecule has 6 heteroatoms. The fourth-order valence-electron chi connectivity index (χ4n) is 3.10. The lowest BCUT2D eigenvalue weighted by molar-refractivity contribution is -0.249. The van der Waals surface area contributed by atoms with E-state index < -0.39 is 23.3 Å². The molecule has 0 N–H and O–H groups in total. The van der Waals surface area contributed by atoms with Crippen molar-refractivity contribution in [1.82, 2.24) is 0 Å². The quantitative estimate of drug-likeness (QED) is 0.545. The van der Waals surface area contributed by atoms with Gasteiger partial charge in [0.2, 0.25) is 0 Å². The lowest BCUT2D eigenvalue weighted by atomic mass is 9.76. The summed E-state index contributed by atoms with van der Waals surface area (Å²) in [5.74, 6) is -9.27. The molecule has 22 heavy (non-hydrogen) atoms. The smallest absolute Gasteiger partial charge is 0.199 e. The van der Waals surface area contributed by atoms with Gasteiger partial charge in [0.25, 0.3) is 0 Å². The third-order valence-corrected chi connectivity index (χ3v) is 5.11. The summed E-state index contributed by atoms with van der Waals surface area (Å²) < 4.78 is 69.6. The molecule has 0 aliphatic heterocycles. The Balaban J connectivity index is 2.18. The molecule has 0 amide bonds. The minimum absolute atomic E-state index is 0.106. The highest BCUT2D eigenvalue weighted by Gasteiger charge is 2.61. The van der Waals surface area contributed by atoms with Crippen LogP contribution in [0.25, 0.3) is 0 Å². The van der Waals surface area contributed by atoms with Gasteiger partial charge in [-0.25, -0.2) is 0 Å². The third-order valence-electron chi connectivity index (χ3n) is 4.66. The van der Waals surface area contributed by atoms with Gasteiger partial charge < -0.3 is 0 Å². The monoisotopic (exact) mass is 338 g/mol. The van der Waals surface area contributed by atoms with E-state index in [1.54, 1.807) is 0 Å². The normalized spacial score (nSPS) is 23.5. The van der Waals surface area contributed by atoms with Crippen molar-refractivity contribution in [1.29, 1.82) is 0 Å². The van der Waals surface area contributed by atoms with Crippen LogP contribution in [-0.2, 0) is 5.92 Å². The van der Waals surface area contributed by atoms with Crippen LogP contribution < -0.4 is 0 Å². The molecule has 1 saturated carbocycles. The van der Waals surface area contributed by atoms with Crippen LogP contribution in [0.3, 0.4) is 0 Å². The number of rotatable bonds is 5. The molecule has 1 fully saturated rings. The molecule has 1 aliphatic carbocycles. The van der Waals surface area contributed by atoms with Gasteiger partial charge in [-0.05, 0) is 43.7 Å². The second kappa shape index (κ2) is 6.77. The minimum Gasteiger partial charge on any atom is -0.199 e. The van der Waals surface area contributed by atoms with Gasteiger partial charge in [0.05, 0.1) is 12.1 Å². The van der Waals surface area contributed by atoms with Crippen LogP contribution in [0.4, 0.5) is 21.4 Å². The summed E-state index contributed by atoms with van der Waals surface area (Å²) in [6, 6.07) is 3.96. The van der Waals surface area contributed by atoms with E-state index in [2.05, 4.69) is 0 Å². The van der Waals surface area contributed by atoms with E-state index in [-0.39, 0.29) is 29.9 Å². The lowest BCUT2D eigenvalue weighted by Crippen LogP contribution is -2.45. The Bertz CT molecular complexity index is 478. The maximum atomic E-state index is 14.4. The molecular weight excluding hydrogens is 319 g/mol. The fraction of sp³-hybridized carbons (Fsp3) is 0.625. The van der Waals surface area contributed by atoms with E-state index in [4.69, 9.17) is 0 Å². The average molecular weight is 338 g/mol. The highest BCUT2D eigenvalue weighted by atomic mass is 32.2. The predicted molar refractivity (Wildman–Crippen MR) is 78.0 cm³/mol. The van der Waals surface area contributed by atoms with E-state index >= 15 is 0 Å². The third kappa shape index (κ3) is 3.26. The Kier molecular flexibility index (Phi) is 5.41. The first kappa shape index (κ1) is 17.6. The Hall–Kier alpha value is -0.780. The van der Waals surface area contributed by atoms with Crippen molar-refractivity contribution in [2.45, 2.75) is 55.8 Å². The van der Waals surface area contributed by atoms with Gasteiger partial charge in [-0.1, -0.05) is 25.5 Å². The molecule has 1 aromatic carbocycles. The number of hydrogen-bond acceptors (Lipinski definition) is 1. The predicted octanol–water partition coefficient (Wildman–Crippen LogP) is 6.61. The van der Waals surface area contributed by atoms with Crippen LogP contribution in [0.2, 0.25) is 0 Å². The zero-order chi connectivity index (χ0) is 16.4. The first-order valence-electron chi connectivity index (χ1n) is 7.47. The van der Waals surface area contributed by atoms with Crippen LogP contribution in [0.1, 0.15) is 44.6 Å². The molecule has 0 aromatic heterocycles. The Labute approximate surface area is 131 Å². The second-order valence-electron chi connectivity index (χ2n) is 5.92. The van der Waals surface area contributed by atoms with Crippen molar-refractivity contribution in [3.63, 3.8) is 0 Å². The lowest BCUT2D eigenvalue weighted by Gasteiger charge is -2.37. The molecule has 0 bridgehead atoms. The van der Waals surface area contributed by atoms with E-state index in [0.717, 1.165) is 30.7 Å². The molecule has 1 aliphatic rings. The molecule has 1 aromatic rings. The van der Waals surface area contributed by atoms with Gasteiger partial charge in [0.15, 0.2) is 0 Å². The maximum Gasteiger partial charge on any atom is 0.335 e. The Morgan fingerprint density at radius 3 is 2.00 bits per heavy atom. The molecule has 0 unspecified atom stereocenters. The van der Waals surface area contributed by atoms with Gasteiger partial charge in [-0.2, -0.15) is 21.4 Å². The number of halogens is 5. The van der Waals surface area contributed by atoms with Gasteiger partial charge in [-0.15, -0.1) is 0 Å². The van der Waals surface area contributed by atoms with Crippen LogP contribution in [0, 0.1) is 11.8 Å². The fourth-order valence-corrected chi connectivity index (χ4v) is 3.34. The minimum atomic E-state index is -4.24. The van der Waals surface area contributed by atoms with E-state index in [9.17, 15) is 21.4 Å². The van der Waals surface area contributed by atoms with Crippen molar-refractivity contribution in [3.8, 4) is 0 Å². The Morgan fingerprint density at radius 2 is 1.55 bits per heavy atom. The molecule has 124 valence electrons. The number of hydrogen-bond donors (Lipinski definition) is 0. The molecule has 0 atom stereocenters. The van der Waals surface area contributed by atoms with Crippen molar-refractivity contribution in [2.24, 2.45) is 11.8 Å². The largest absolute Gasteiger partial charge is 0.335 e. The van der Waals surface area contributed by atoms with Crippen LogP contribution in [0.5, 0.6) is 0 Å².